The quantitative estimate of drug-likeness (QED) is 0.0255. The third-order valence-corrected chi connectivity index (χ3v) is 18.3. The molecule has 6 aromatic heterocycles. The van der Waals surface area contributed by atoms with Crippen LogP contribution in [0, 0.1) is 0 Å². The monoisotopic (exact) mass is 1200 g/mol. The van der Waals surface area contributed by atoms with E-state index in [0.29, 0.717) is 0 Å². The number of carbonyl (C=O) groups excluding carboxylic acids is 1. The van der Waals surface area contributed by atoms with E-state index in [1.54, 1.807) is 0 Å². The number of hydrogen-bond donors (Lipinski definition) is 11. The molecule has 0 spiro atoms. The maximum atomic E-state index is 13.7. The Labute approximate surface area is 438 Å². The Morgan fingerprint density at radius 1 is 0.734 bits per heavy atom. The molecule has 1 amide bonds. The van der Waals surface area contributed by atoms with Crippen LogP contribution in [0.2, 0.25) is 0 Å². The zero-order chi connectivity index (χ0) is 57.1. The number of aryl methyl sites for hydroxylation is 1. The predicted molar refractivity (Wildman–Crippen MR) is 253 cm³/mol. The van der Waals surface area contributed by atoms with Gasteiger partial charge in [0.1, 0.15) is 60.6 Å². The molecule has 10 heterocycles. The van der Waals surface area contributed by atoms with Crippen LogP contribution >= 0.6 is 31.3 Å². The second-order valence-corrected chi connectivity index (χ2v) is 23.9. The molecular weight excluding hydrogens is 1150 g/mol. The summed E-state index contributed by atoms with van der Waals surface area (Å²) >= 11 is 0. The summed E-state index contributed by atoms with van der Waals surface area (Å²) in [4.78, 5) is 112. The normalized spacial score (nSPS) is 31.1. The molecule has 0 radical (unpaired) electrons. The molecule has 0 saturated carbocycles. The molecule has 0 aromatic carbocycles. The summed E-state index contributed by atoms with van der Waals surface area (Å²) in [5.74, 6) is -1.53. The number of nitrogens with zero attached hydrogens (tertiary/aromatic N) is 11. The summed E-state index contributed by atoms with van der Waals surface area (Å²) in [6, 6.07) is -1.02. The number of amides is 1. The second-order valence-electron chi connectivity index (χ2n) is 17.9. The SMILES string of the molecule is CO[C@@H]1C2[C@H]([n+]3cn(C)c4c(=O)[nH]c(N)nc43)O[C@@]1(COP(=O)(O)OP(=O)(O)OP(=O)(O)OC[C@H]1O[C@@H](n3cnc4c(N)ncnc43)[C@@H](OC)C1OP(=O)(O)OC[C@H]1O[C@@H](n3cnc4c(=O)[nH]c(N)nc43)[C@@H](O)C1O)C(=O)N2C. The number of imidazole rings is 3. The topological polar surface area (TPSA) is 551 Å². The molecule has 14 N–H and O–H groups in total. The molecule has 4 aliphatic heterocycles. The third kappa shape index (κ3) is 10.2. The molecule has 7 unspecified atom stereocenters. The first-order valence-corrected chi connectivity index (χ1v) is 28.5. The summed E-state index contributed by atoms with van der Waals surface area (Å²) in [5.41, 5.74) is 13.5. The third-order valence-electron chi connectivity index (χ3n) is 13.0. The van der Waals surface area contributed by atoms with Crippen molar-refractivity contribution in [2.24, 2.45) is 7.05 Å². The van der Waals surface area contributed by atoms with Crippen molar-refractivity contribution >= 4 is 88.4 Å². The number of phosphoric ester groups is 3. The number of rotatable bonds is 20. The largest absolute Gasteiger partial charge is 0.490 e. The van der Waals surface area contributed by atoms with Crippen molar-refractivity contribution in [3.63, 3.8) is 0 Å². The summed E-state index contributed by atoms with van der Waals surface area (Å²) in [6.07, 6.45) is -11.3. The van der Waals surface area contributed by atoms with Gasteiger partial charge in [-0.1, -0.05) is 4.98 Å². The van der Waals surface area contributed by atoms with E-state index in [0.717, 1.165) is 35.6 Å². The van der Waals surface area contributed by atoms with Crippen LogP contribution in [0.4, 0.5) is 17.7 Å². The predicted octanol–water partition coefficient (Wildman–Crippen LogP) is -4.21. The highest BCUT2D eigenvalue weighted by atomic mass is 31.3. The van der Waals surface area contributed by atoms with Gasteiger partial charge in [0.05, 0.1) is 39.5 Å². The number of methoxy groups -OCH3 is 2. The van der Waals surface area contributed by atoms with Gasteiger partial charge in [-0.25, -0.2) is 42.8 Å². The highest BCUT2D eigenvalue weighted by Crippen LogP contribution is 2.68. The lowest BCUT2D eigenvalue weighted by atomic mass is 9.99. The van der Waals surface area contributed by atoms with Gasteiger partial charge in [-0.3, -0.25) is 56.1 Å². The van der Waals surface area contributed by atoms with Crippen molar-refractivity contribution in [1.82, 2.24) is 58.5 Å². The minimum absolute atomic E-state index is 0.00559. The van der Waals surface area contributed by atoms with E-state index in [1.165, 1.54) is 41.2 Å². The number of aliphatic hydroxyl groups is 2. The molecule has 4 saturated heterocycles. The molecule has 40 nitrogen and oxygen atoms in total. The van der Waals surface area contributed by atoms with Crippen LogP contribution in [-0.2, 0) is 80.5 Å². The molecule has 4 aliphatic rings. The van der Waals surface area contributed by atoms with Crippen LogP contribution in [-0.4, -0.2) is 190 Å². The summed E-state index contributed by atoms with van der Waals surface area (Å²) in [6.45, 7) is -3.48. The summed E-state index contributed by atoms with van der Waals surface area (Å²) in [5, 5.41) is 21.8. The number of anilines is 3. The maximum Gasteiger partial charge on any atom is 0.490 e. The van der Waals surface area contributed by atoms with Gasteiger partial charge in [-0.15, -0.1) is 0 Å². The molecule has 0 aliphatic carbocycles. The number of likely N-dealkylation sites (N-methyl/N-ethyl adjacent to an activating group) is 1. The number of phosphoric acid groups is 4. The molecule has 10 rings (SSSR count). The van der Waals surface area contributed by atoms with Gasteiger partial charge in [0.2, 0.25) is 23.3 Å². The molecule has 79 heavy (non-hydrogen) atoms. The molecule has 430 valence electrons. The Hall–Kier alpha value is -5.64. The first kappa shape index (κ1) is 56.6. The summed E-state index contributed by atoms with van der Waals surface area (Å²) < 4.78 is 117. The Morgan fingerprint density at radius 2 is 1.35 bits per heavy atom. The fourth-order valence-electron chi connectivity index (χ4n) is 9.71. The molecular formula is C35H47N16O24P4+. The minimum Gasteiger partial charge on any atom is -0.387 e. The second kappa shape index (κ2) is 20.4. The van der Waals surface area contributed by atoms with Crippen LogP contribution in [0.25, 0.3) is 33.5 Å². The number of hydrogen-bond acceptors (Lipinski definition) is 29. The van der Waals surface area contributed by atoms with E-state index in [1.807, 2.05) is 0 Å². The minimum atomic E-state index is -6.26. The summed E-state index contributed by atoms with van der Waals surface area (Å²) in [7, 11) is -18.5. The molecule has 4 fully saturated rings. The van der Waals surface area contributed by atoms with E-state index in [-0.39, 0.29) is 51.2 Å². The van der Waals surface area contributed by atoms with Crippen molar-refractivity contribution in [3.8, 4) is 0 Å². The average molecular weight is 1200 g/mol. The molecule has 2 bridgehead atoms. The smallest absolute Gasteiger partial charge is 0.387 e. The van der Waals surface area contributed by atoms with E-state index >= 15 is 0 Å². The zero-order valence-electron chi connectivity index (χ0n) is 40.8. The zero-order valence-corrected chi connectivity index (χ0v) is 44.3. The van der Waals surface area contributed by atoms with Crippen molar-refractivity contribution in [3.05, 3.63) is 46.0 Å². The van der Waals surface area contributed by atoms with Crippen LogP contribution in [0.5, 0.6) is 0 Å². The number of carbonyl (C=O) groups is 1. The van der Waals surface area contributed by atoms with E-state index in [9.17, 15) is 62.4 Å². The standard InChI is InChI=1S/C35H46N16O24P4/c1-47-11-51(26-17(47)28(55)46-34(38)44-26)29-16-22(66-4)35(72-29,32(56)48(16)2)7-69-78(61,62)75-79(63,64)74-77(59,60)68-6-13-20(21(65-3)31(71-13)49-9-41-14-23(36)39-8-40-24(14)49)73-76(57,58)67-5-12-18(52)19(53)30(70-12)50-10-42-15-25(50)43-33(37)45-27(15)54/h8-13,16,18-22,29-31,52-53H,5-7H2,1-4H3,(H11-,36,37,38,39,40,43,44,45,46,54,55,57,58,59,60,61,62,63,64)/p+1/t12-,13-,16?,18?,19+,20?,21+,22-,29-,30-,31-,35-/m1/s1. The van der Waals surface area contributed by atoms with Crippen molar-refractivity contribution < 1.29 is 108 Å². The van der Waals surface area contributed by atoms with E-state index in [4.69, 9.17) is 59.0 Å². The van der Waals surface area contributed by atoms with Gasteiger partial charge in [-0.05, 0) is 0 Å². The highest BCUT2D eigenvalue weighted by molar-refractivity contribution is 7.66. The number of fused-ring (bicyclic) bond motifs is 5. The number of nitrogens with two attached hydrogens (primary N) is 3. The lowest BCUT2D eigenvalue weighted by molar-refractivity contribution is -0.746. The number of aliphatic hydroxyl groups excluding tert-OH is 2. The van der Waals surface area contributed by atoms with Crippen LogP contribution < -0.4 is 32.9 Å². The molecule has 16 atom stereocenters. The van der Waals surface area contributed by atoms with Gasteiger partial charge in [-0.2, -0.15) is 13.6 Å². The van der Waals surface area contributed by atoms with Crippen molar-refractivity contribution in [2.75, 3.05) is 58.3 Å². The fourth-order valence-corrected chi connectivity index (χ4v) is 14.2. The lowest BCUT2D eigenvalue weighted by Gasteiger charge is -2.33. The number of morpholine rings is 1. The van der Waals surface area contributed by atoms with Crippen LogP contribution in [0.3, 0.4) is 0 Å². The Morgan fingerprint density at radius 3 is 2.05 bits per heavy atom. The Kier molecular flexibility index (Phi) is 14.6. The first-order valence-electron chi connectivity index (χ1n) is 22.5. The fraction of sp³-hybridized carbons (Fsp3) is 0.543. The number of likely N-dealkylation sites (tertiary alicyclic amines) is 1. The van der Waals surface area contributed by atoms with E-state index < -0.39 is 141 Å². The molecule has 6 aromatic rings. The number of ether oxygens (including phenoxy) is 5. The van der Waals surface area contributed by atoms with Gasteiger partial charge < -0.3 is 75.6 Å². The Balaban J connectivity index is 0.826. The maximum absolute atomic E-state index is 13.7. The van der Waals surface area contributed by atoms with Crippen molar-refractivity contribution in [2.45, 2.75) is 73.1 Å². The van der Waals surface area contributed by atoms with Gasteiger partial charge in [0.15, 0.2) is 41.4 Å². The van der Waals surface area contributed by atoms with Crippen LogP contribution in [0.1, 0.15) is 18.7 Å². The van der Waals surface area contributed by atoms with Crippen molar-refractivity contribution in [1.29, 1.82) is 0 Å². The lowest BCUT2D eigenvalue weighted by Crippen LogP contribution is -2.57. The van der Waals surface area contributed by atoms with Gasteiger partial charge in [0, 0.05) is 21.3 Å². The first-order chi connectivity index (χ1) is 37.1. The van der Waals surface area contributed by atoms with E-state index in [2.05, 4.69) is 48.5 Å². The number of aromatic nitrogens is 12. The van der Waals surface area contributed by atoms with Crippen LogP contribution in [0.15, 0.2) is 34.9 Å². The average Bonchev–Trinajstić information content (AvgIpc) is 3.93. The highest BCUT2D eigenvalue weighted by Gasteiger charge is 2.71. The number of aromatic amines is 2. The molecule has 44 heteroatoms. The number of nitrogens with one attached hydrogen (secondary N) is 2. The number of H-pyrrole nitrogens is 2. The van der Waals surface area contributed by atoms with Gasteiger partial charge >= 0.3 is 36.9 Å². The van der Waals surface area contributed by atoms with Gasteiger partial charge in [0.25, 0.3) is 23.0 Å². The number of nitrogen functional groups attached to an aromatic ring is 3. The Bertz CT molecular complexity index is 3710.